The van der Waals surface area contributed by atoms with Gasteiger partial charge in [0.25, 0.3) is 0 Å². The number of ether oxygens (including phenoxy) is 1. The average molecular weight is 551 g/mol. The van der Waals surface area contributed by atoms with E-state index in [0.717, 1.165) is 31.2 Å². The van der Waals surface area contributed by atoms with Crippen molar-refractivity contribution in [3.8, 4) is 11.8 Å². The van der Waals surface area contributed by atoms with Crippen LogP contribution in [0.4, 0.5) is 5.00 Å². The number of nitriles is 1. The highest BCUT2D eigenvalue weighted by Gasteiger charge is 2.26. The van der Waals surface area contributed by atoms with Gasteiger partial charge in [-0.1, -0.05) is 48.3 Å². The van der Waals surface area contributed by atoms with Gasteiger partial charge in [0.2, 0.25) is 5.91 Å². The first-order valence-electron chi connectivity index (χ1n) is 11.4. The summed E-state index contributed by atoms with van der Waals surface area (Å²) in [6, 6.07) is 7.33. The summed E-state index contributed by atoms with van der Waals surface area (Å²) < 4.78 is 7.69. The van der Waals surface area contributed by atoms with E-state index in [4.69, 9.17) is 27.9 Å². The molecule has 1 atom stereocenters. The number of halogens is 2. The number of aromatic nitrogens is 3. The second kappa shape index (κ2) is 11.7. The second-order valence-electron chi connectivity index (χ2n) is 8.18. The van der Waals surface area contributed by atoms with Gasteiger partial charge in [-0.15, -0.1) is 21.5 Å². The Labute approximate surface area is 222 Å². The number of nitrogens with zero attached hydrogens (tertiary/aromatic N) is 4. The molecular formula is C24H25Cl2N5O2S2. The van der Waals surface area contributed by atoms with E-state index in [0.29, 0.717) is 49.8 Å². The third kappa shape index (κ3) is 5.95. The Morgan fingerprint density at radius 1 is 1.37 bits per heavy atom. The zero-order chi connectivity index (χ0) is 24.9. The number of fused-ring (bicyclic) bond motifs is 1. The Morgan fingerprint density at radius 2 is 2.20 bits per heavy atom. The van der Waals surface area contributed by atoms with E-state index in [2.05, 4.69) is 28.5 Å². The first-order chi connectivity index (χ1) is 16.9. The molecule has 0 aliphatic heterocycles. The third-order valence-electron chi connectivity index (χ3n) is 6.00. The molecule has 1 amide bonds. The molecule has 2 heterocycles. The summed E-state index contributed by atoms with van der Waals surface area (Å²) in [6.07, 6.45) is 4.13. The molecule has 1 aliphatic rings. The molecule has 4 rings (SSSR count). The fourth-order valence-corrected chi connectivity index (χ4v) is 6.70. The van der Waals surface area contributed by atoms with Crippen LogP contribution in [0.15, 0.2) is 23.4 Å². The fourth-order valence-electron chi connectivity index (χ4n) is 4.09. The smallest absolute Gasteiger partial charge is 0.235 e. The molecule has 184 valence electrons. The van der Waals surface area contributed by atoms with Gasteiger partial charge < -0.3 is 14.6 Å². The van der Waals surface area contributed by atoms with Crippen LogP contribution in [0, 0.1) is 17.2 Å². The normalized spacial score (nSPS) is 14.9. The zero-order valence-electron chi connectivity index (χ0n) is 19.4. The molecule has 11 heteroatoms. The van der Waals surface area contributed by atoms with E-state index in [1.165, 1.54) is 16.6 Å². The standard InChI is InChI=1S/C24H25Cl2N5O2S2/c1-3-14-5-7-16-17(11-27)23(35-20(16)9-14)28-22(32)13-34-24-30-29-21(31(24)4-2)12-33-19-8-6-15(25)10-18(19)26/h6,8,10,14H,3-5,7,9,12-13H2,1-2H3,(H,28,32). The lowest BCUT2D eigenvalue weighted by Crippen LogP contribution is -2.15. The largest absolute Gasteiger partial charge is 0.484 e. The predicted octanol–water partition coefficient (Wildman–Crippen LogP) is 6.36. The number of hydrogen-bond donors (Lipinski definition) is 1. The number of carbonyl (C=O) groups excluding carboxylic acids is 1. The van der Waals surface area contributed by atoms with E-state index in [1.54, 1.807) is 29.5 Å². The summed E-state index contributed by atoms with van der Waals surface area (Å²) in [5.74, 6) is 1.78. The maximum atomic E-state index is 12.7. The average Bonchev–Trinajstić information content (AvgIpc) is 3.41. The molecule has 2 aromatic heterocycles. The highest BCUT2D eigenvalue weighted by Crippen LogP contribution is 2.40. The summed E-state index contributed by atoms with van der Waals surface area (Å²) in [4.78, 5) is 14.0. The van der Waals surface area contributed by atoms with Crippen molar-refractivity contribution in [1.29, 1.82) is 5.26 Å². The van der Waals surface area contributed by atoms with Gasteiger partial charge in [0, 0.05) is 16.4 Å². The van der Waals surface area contributed by atoms with Crippen LogP contribution in [0.2, 0.25) is 10.0 Å². The SMILES string of the molecule is CCC1CCc2c(sc(NC(=O)CSc3nnc(COc4ccc(Cl)cc4Cl)n3CC)c2C#N)C1. The van der Waals surface area contributed by atoms with Gasteiger partial charge in [0.05, 0.1) is 16.3 Å². The van der Waals surface area contributed by atoms with Crippen LogP contribution < -0.4 is 10.1 Å². The first-order valence-corrected chi connectivity index (χ1v) is 14.0. The van der Waals surface area contributed by atoms with Gasteiger partial charge in [0.1, 0.15) is 23.4 Å². The molecule has 0 spiro atoms. The van der Waals surface area contributed by atoms with E-state index in [-0.39, 0.29) is 18.3 Å². The molecule has 3 aromatic rings. The third-order valence-corrected chi connectivity index (χ3v) is 8.67. The highest BCUT2D eigenvalue weighted by atomic mass is 35.5. The van der Waals surface area contributed by atoms with Crippen molar-refractivity contribution >= 4 is 57.2 Å². The topological polar surface area (TPSA) is 92.8 Å². The van der Waals surface area contributed by atoms with E-state index < -0.39 is 0 Å². The Balaban J connectivity index is 1.38. The van der Waals surface area contributed by atoms with Gasteiger partial charge >= 0.3 is 0 Å². The fraction of sp³-hybridized carbons (Fsp3) is 0.417. The molecule has 1 unspecified atom stereocenters. The molecule has 1 N–H and O–H groups in total. The predicted molar refractivity (Wildman–Crippen MR) is 141 cm³/mol. The molecule has 35 heavy (non-hydrogen) atoms. The molecule has 0 saturated heterocycles. The lowest BCUT2D eigenvalue weighted by atomic mass is 9.86. The molecule has 1 aliphatic carbocycles. The Hall–Kier alpha value is -2.25. The Bertz CT molecular complexity index is 1270. The number of anilines is 1. The van der Waals surface area contributed by atoms with Gasteiger partial charge in [-0.2, -0.15) is 5.26 Å². The quantitative estimate of drug-likeness (QED) is 0.312. The van der Waals surface area contributed by atoms with Crippen molar-refractivity contribution in [2.24, 2.45) is 5.92 Å². The lowest BCUT2D eigenvalue weighted by Gasteiger charge is -2.20. The molecular weight excluding hydrogens is 525 g/mol. The summed E-state index contributed by atoms with van der Waals surface area (Å²) in [6.45, 7) is 4.98. The van der Waals surface area contributed by atoms with Crippen molar-refractivity contribution in [2.75, 3.05) is 11.1 Å². The monoisotopic (exact) mass is 549 g/mol. The summed E-state index contributed by atoms with van der Waals surface area (Å²) in [5, 5.41) is 23.3. The molecule has 0 fully saturated rings. The highest BCUT2D eigenvalue weighted by molar-refractivity contribution is 7.99. The van der Waals surface area contributed by atoms with Gasteiger partial charge in [-0.25, -0.2) is 0 Å². The van der Waals surface area contributed by atoms with Crippen molar-refractivity contribution in [2.45, 2.75) is 57.8 Å². The zero-order valence-corrected chi connectivity index (χ0v) is 22.6. The van der Waals surface area contributed by atoms with Gasteiger partial charge in [0.15, 0.2) is 11.0 Å². The lowest BCUT2D eigenvalue weighted by molar-refractivity contribution is -0.113. The summed E-state index contributed by atoms with van der Waals surface area (Å²) in [5.41, 5.74) is 1.73. The number of rotatable bonds is 9. The minimum absolute atomic E-state index is 0.160. The Kier molecular flexibility index (Phi) is 8.60. The Morgan fingerprint density at radius 3 is 2.91 bits per heavy atom. The molecule has 0 radical (unpaired) electrons. The first kappa shape index (κ1) is 25.8. The van der Waals surface area contributed by atoms with Crippen molar-refractivity contribution in [1.82, 2.24) is 14.8 Å². The van der Waals surface area contributed by atoms with Crippen LogP contribution in [0.25, 0.3) is 0 Å². The van der Waals surface area contributed by atoms with Crippen LogP contribution >= 0.6 is 46.3 Å². The number of benzene rings is 1. The second-order valence-corrected chi connectivity index (χ2v) is 11.1. The van der Waals surface area contributed by atoms with Crippen molar-refractivity contribution in [3.05, 3.63) is 50.1 Å². The van der Waals surface area contributed by atoms with Crippen LogP contribution in [-0.4, -0.2) is 26.4 Å². The minimum atomic E-state index is -0.173. The van der Waals surface area contributed by atoms with Crippen LogP contribution in [0.5, 0.6) is 5.75 Å². The van der Waals surface area contributed by atoms with Crippen molar-refractivity contribution in [3.63, 3.8) is 0 Å². The van der Waals surface area contributed by atoms with Crippen molar-refractivity contribution < 1.29 is 9.53 Å². The number of nitrogens with one attached hydrogen (secondary N) is 1. The molecule has 1 aromatic carbocycles. The van der Waals surface area contributed by atoms with Crippen LogP contribution in [0.1, 0.15) is 48.5 Å². The maximum absolute atomic E-state index is 12.7. The van der Waals surface area contributed by atoms with Gasteiger partial charge in [-0.05, 0) is 55.9 Å². The number of thiophene rings is 1. The number of thioether (sulfide) groups is 1. The maximum Gasteiger partial charge on any atom is 0.235 e. The van der Waals surface area contributed by atoms with Gasteiger partial charge in [-0.3, -0.25) is 4.79 Å². The number of hydrogen-bond acceptors (Lipinski definition) is 7. The number of carbonyl (C=O) groups is 1. The number of amides is 1. The molecule has 0 saturated carbocycles. The van der Waals surface area contributed by atoms with E-state index >= 15 is 0 Å². The summed E-state index contributed by atoms with van der Waals surface area (Å²) >= 11 is 14.9. The van der Waals surface area contributed by atoms with Crippen LogP contribution in [-0.2, 0) is 30.8 Å². The molecule has 0 bridgehead atoms. The summed E-state index contributed by atoms with van der Waals surface area (Å²) in [7, 11) is 0. The minimum Gasteiger partial charge on any atom is -0.484 e. The van der Waals surface area contributed by atoms with Crippen LogP contribution in [0.3, 0.4) is 0 Å². The van der Waals surface area contributed by atoms with E-state index in [9.17, 15) is 10.1 Å². The molecule has 7 nitrogen and oxygen atoms in total. The van der Waals surface area contributed by atoms with E-state index in [1.807, 2.05) is 11.5 Å².